The van der Waals surface area contributed by atoms with E-state index in [2.05, 4.69) is 5.32 Å². The third kappa shape index (κ3) is 4.12. The van der Waals surface area contributed by atoms with Gasteiger partial charge in [0.1, 0.15) is 0 Å². The maximum Gasteiger partial charge on any atom is 0.307 e. The van der Waals surface area contributed by atoms with E-state index in [1.165, 1.54) is 32.1 Å². The van der Waals surface area contributed by atoms with Crippen molar-refractivity contribution in [1.82, 2.24) is 0 Å². The number of hydrogen-bond donors (Lipinski definition) is 2. The van der Waals surface area contributed by atoms with Gasteiger partial charge in [-0.2, -0.15) is 0 Å². The molecule has 4 nitrogen and oxygen atoms in total. The third-order valence-corrected chi connectivity index (χ3v) is 5.46. The lowest BCUT2D eigenvalue weighted by atomic mass is 9.67. The van der Waals surface area contributed by atoms with Crippen LogP contribution in [0.5, 0.6) is 0 Å². The first-order valence-electron chi connectivity index (χ1n) is 8.73. The molecule has 1 aromatic rings. The molecule has 2 saturated carbocycles. The minimum absolute atomic E-state index is 0.0170. The minimum Gasteiger partial charge on any atom is -0.481 e. The summed E-state index contributed by atoms with van der Waals surface area (Å²) in [5, 5.41) is 11.9. The van der Waals surface area contributed by atoms with Crippen LogP contribution in [0.25, 0.3) is 0 Å². The molecule has 0 heterocycles. The lowest BCUT2D eigenvalue weighted by Crippen LogP contribution is -2.33. The van der Waals surface area contributed by atoms with Crippen molar-refractivity contribution in [2.75, 3.05) is 5.32 Å². The van der Waals surface area contributed by atoms with Gasteiger partial charge in [0.25, 0.3) is 0 Å². The molecule has 0 aromatic heterocycles. The van der Waals surface area contributed by atoms with Crippen LogP contribution in [0.3, 0.4) is 0 Å². The summed E-state index contributed by atoms with van der Waals surface area (Å²) in [6.45, 7) is 0. The average Bonchev–Trinajstić information content (AvgIpc) is 2.54. The highest BCUT2D eigenvalue weighted by atomic mass is 16.4. The second-order valence-corrected chi connectivity index (χ2v) is 7.07. The molecule has 124 valence electrons. The van der Waals surface area contributed by atoms with Gasteiger partial charge in [-0.05, 0) is 48.8 Å². The molecule has 0 bridgehead atoms. The van der Waals surface area contributed by atoms with Crippen LogP contribution in [0.4, 0.5) is 5.69 Å². The third-order valence-electron chi connectivity index (χ3n) is 5.46. The van der Waals surface area contributed by atoms with Crippen molar-refractivity contribution < 1.29 is 14.7 Å². The fraction of sp³-hybridized carbons (Fsp3) is 0.579. The summed E-state index contributed by atoms with van der Waals surface area (Å²) >= 11 is 0. The molecule has 3 rings (SSSR count). The van der Waals surface area contributed by atoms with Crippen molar-refractivity contribution in [3.05, 3.63) is 29.8 Å². The summed E-state index contributed by atoms with van der Waals surface area (Å²) in [5.74, 6) is 0.918. The van der Waals surface area contributed by atoms with Gasteiger partial charge < -0.3 is 10.4 Å². The molecular weight excluding hydrogens is 290 g/mol. The topological polar surface area (TPSA) is 66.4 Å². The molecular formula is C19H25NO3. The first kappa shape index (κ1) is 16.0. The lowest BCUT2D eigenvalue weighted by Gasteiger charge is -2.38. The molecule has 1 aromatic carbocycles. The van der Waals surface area contributed by atoms with Gasteiger partial charge in [0, 0.05) is 11.6 Å². The second-order valence-electron chi connectivity index (χ2n) is 7.07. The Bertz CT molecular complexity index is 584. The zero-order valence-electron chi connectivity index (χ0n) is 13.5. The van der Waals surface area contributed by atoms with E-state index in [0.29, 0.717) is 11.3 Å². The fourth-order valence-electron chi connectivity index (χ4n) is 4.29. The highest BCUT2D eigenvalue weighted by molar-refractivity contribution is 5.92. The molecule has 2 fully saturated rings. The van der Waals surface area contributed by atoms with E-state index in [9.17, 15) is 9.59 Å². The normalized spacial score (nSPS) is 27.0. The average molecular weight is 315 g/mol. The van der Waals surface area contributed by atoms with E-state index in [0.717, 1.165) is 24.7 Å². The van der Waals surface area contributed by atoms with E-state index in [4.69, 9.17) is 5.11 Å². The summed E-state index contributed by atoms with van der Waals surface area (Å²) in [6.07, 6.45) is 8.46. The number of carboxylic acids is 1. The molecule has 0 radical (unpaired) electrons. The monoisotopic (exact) mass is 315 g/mol. The highest BCUT2D eigenvalue weighted by Crippen LogP contribution is 2.42. The summed E-state index contributed by atoms with van der Waals surface area (Å²) in [4.78, 5) is 23.3. The van der Waals surface area contributed by atoms with Crippen LogP contribution < -0.4 is 5.32 Å². The molecule has 3 atom stereocenters. The summed E-state index contributed by atoms with van der Waals surface area (Å²) in [5.41, 5.74) is 1.42. The molecule has 23 heavy (non-hydrogen) atoms. The Morgan fingerprint density at radius 1 is 1.09 bits per heavy atom. The number of nitrogens with one attached hydrogen (secondary N) is 1. The van der Waals surface area contributed by atoms with Crippen LogP contribution >= 0.6 is 0 Å². The maximum absolute atomic E-state index is 12.5. The number of amides is 1. The standard InChI is InChI=1S/C19H25NO3/c21-18(22)11-13-4-3-7-17(10-13)20-19(23)16-9-8-14-5-1-2-6-15(14)12-16/h3-4,7,10,14-16H,1-2,5-6,8-9,11-12H2,(H,20,23)(H,21,22). The number of carboxylic acid groups (broad SMARTS) is 1. The van der Waals surface area contributed by atoms with Crippen LogP contribution in [0.15, 0.2) is 24.3 Å². The van der Waals surface area contributed by atoms with Gasteiger partial charge in [-0.25, -0.2) is 0 Å². The number of hydrogen-bond acceptors (Lipinski definition) is 2. The quantitative estimate of drug-likeness (QED) is 0.886. The van der Waals surface area contributed by atoms with Gasteiger partial charge in [0.05, 0.1) is 6.42 Å². The number of rotatable bonds is 4. The smallest absolute Gasteiger partial charge is 0.307 e. The predicted molar refractivity (Wildman–Crippen MR) is 89.2 cm³/mol. The molecule has 1 amide bonds. The second kappa shape index (κ2) is 7.16. The van der Waals surface area contributed by atoms with Gasteiger partial charge in [0.2, 0.25) is 5.91 Å². The van der Waals surface area contributed by atoms with Gasteiger partial charge in [-0.15, -0.1) is 0 Å². The van der Waals surface area contributed by atoms with E-state index in [-0.39, 0.29) is 18.2 Å². The predicted octanol–water partition coefficient (Wildman–Crippen LogP) is 3.86. The van der Waals surface area contributed by atoms with Crippen LogP contribution in [0.2, 0.25) is 0 Å². The molecule has 3 unspecified atom stereocenters. The lowest BCUT2D eigenvalue weighted by molar-refractivity contribution is -0.136. The number of carbonyl (C=O) groups excluding carboxylic acids is 1. The number of fused-ring (bicyclic) bond motifs is 1. The van der Waals surface area contributed by atoms with Gasteiger partial charge in [0.15, 0.2) is 0 Å². The molecule has 2 aliphatic carbocycles. The Morgan fingerprint density at radius 2 is 1.87 bits per heavy atom. The van der Waals surface area contributed by atoms with Crippen LogP contribution in [-0.4, -0.2) is 17.0 Å². The van der Waals surface area contributed by atoms with Crippen LogP contribution in [0.1, 0.15) is 50.5 Å². The number of anilines is 1. The number of benzene rings is 1. The molecule has 0 aliphatic heterocycles. The molecule has 0 spiro atoms. The molecule has 0 saturated heterocycles. The summed E-state index contributed by atoms with van der Waals surface area (Å²) in [7, 11) is 0. The fourth-order valence-corrected chi connectivity index (χ4v) is 4.29. The van der Waals surface area contributed by atoms with E-state index < -0.39 is 5.97 Å². The van der Waals surface area contributed by atoms with Crippen molar-refractivity contribution in [3.63, 3.8) is 0 Å². The van der Waals surface area contributed by atoms with Crippen molar-refractivity contribution in [2.24, 2.45) is 17.8 Å². The van der Waals surface area contributed by atoms with Crippen LogP contribution in [-0.2, 0) is 16.0 Å². The van der Waals surface area contributed by atoms with E-state index in [1.54, 1.807) is 18.2 Å². The van der Waals surface area contributed by atoms with Gasteiger partial charge in [-0.1, -0.05) is 37.8 Å². The first-order valence-corrected chi connectivity index (χ1v) is 8.73. The largest absolute Gasteiger partial charge is 0.481 e. The number of carbonyl (C=O) groups is 2. The Balaban J connectivity index is 1.59. The van der Waals surface area contributed by atoms with Gasteiger partial charge in [-0.3, -0.25) is 9.59 Å². The summed E-state index contributed by atoms with van der Waals surface area (Å²) < 4.78 is 0. The van der Waals surface area contributed by atoms with Crippen molar-refractivity contribution in [2.45, 2.75) is 51.4 Å². The highest BCUT2D eigenvalue weighted by Gasteiger charge is 2.34. The van der Waals surface area contributed by atoms with Gasteiger partial charge >= 0.3 is 5.97 Å². The maximum atomic E-state index is 12.5. The van der Waals surface area contributed by atoms with Crippen molar-refractivity contribution in [3.8, 4) is 0 Å². The Labute approximate surface area is 137 Å². The van der Waals surface area contributed by atoms with E-state index >= 15 is 0 Å². The molecule has 2 N–H and O–H groups in total. The SMILES string of the molecule is O=C(O)Cc1cccc(NC(=O)C2CCC3CCCCC3C2)c1. The number of aliphatic carboxylic acids is 1. The van der Waals surface area contributed by atoms with Crippen LogP contribution in [0, 0.1) is 17.8 Å². The molecule has 2 aliphatic rings. The first-order chi connectivity index (χ1) is 11.1. The Morgan fingerprint density at radius 3 is 2.65 bits per heavy atom. The Kier molecular flexibility index (Phi) is 4.99. The zero-order chi connectivity index (χ0) is 16.2. The molecule has 4 heteroatoms. The van der Waals surface area contributed by atoms with E-state index in [1.807, 2.05) is 6.07 Å². The Hall–Kier alpha value is -1.84. The van der Waals surface area contributed by atoms with Crippen molar-refractivity contribution >= 4 is 17.6 Å². The minimum atomic E-state index is -0.857. The van der Waals surface area contributed by atoms with Crippen molar-refractivity contribution in [1.29, 1.82) is 0 Å². The summed E-state index contributed by atoms with van der Waals surface area (Å²) in [6, 6.07) is 7.16. The zero-order valence-corrected chi connectivity index (χ0v) is 13.5.